The minimum atomic E-state index is -0.283. The molecule has 1 heterocycles. The molecule has 1 aromatic carbocycles. The Hall–Kier alpha value is -2.08. The molecule has 2 N–H and O–H groups in total. The van der Waals surface area contributed by atoms with Gasteiger partial charge in [0.05, 0.1) is 7.11 Å². The SMILES string of the molecule is COc1ccc(NC(=O)Nc2ncc(C3CCC3)s2)cc1. The van der Waals surface area contributed by atoms with E-state index in [9.17, 15) is 4.79 Å². The fourth-order valence-corrected chi connectivity index (χ4v) is 3.14. The Balaban J connectivity index is 1.56. The van der Waals surface area contributed by atoms with Crippen LogP contribution in [-0.2, 0) is 0 Å². The number of thiazole rings is 1. The van der Waals surface area contributed by atoms with Crippen LogP contribution in [0.4, 0.5) is 15.6 Å². The second-order valence-corrected chi connectivity index (χ2v) is 6.07. The number of hydrogen-bond donors (Lipinski definition) is 2. The van der Waals surface area contributed by atoms with Gasteiger partial charge in [-0.05, 0) is 43.0 Å². The summed E-state index contributed by atoms with van der Waals surface area (Å²) in [6, 6.07) is 6.90. The number of urea groups is 1. The maximum atomic E-state index is 11.9. The molecule has 3 rings (SSSR count). The van der Waals surface area contributed by atoms with E-state index in [0.29, 0.717) is 16.7 Å². The van der Waals surface area contributed by atoms with Crippen molar-refractivity contribution in [1.29, 1.82) is 0 Å². The Morgan fingerprint density at radius 1 is 1.29 bits per heavy atom. The number of nitrogens with zero attached hydrogens (tertiary/aromatic N) is 1. The molecule has 0 radical (unpaired) electrons. The van der Waals surface area contributed by atoms with Crippen LogP contribution in [0, 0.1) is 0 Å². The standard InChI is InChI=1S/C15H17N3O2S/c1-20-12-7-5-11(6-8-12)17-14(19)18-15-16-9-13(21-15)10-3-2-4-10/h5-10H,2-4H2,1H3,(H2,16,17,18,19). The van der Waals surface area contributed by atoms with Crippen LogP contribution in [0.1, 0.15) is 30.1 Å². The summed E-state index contributed by atoms with van der Waals surface area (Å²) in [6.07, 6.45) is 5.64. The molecule has 6 heteroatoms. The van der Waals surface area contributed by atoms with Crippen LogP contribution >= 0.6 is 11.3 Å². The van der Waals surface area contributed by atoms with E-state index in [0.717, 1.165) is 5.75 Å². The number of ether oxygens (including phenoxy) is 1. The summed E-state index contributed by atoms with van der Waals surface area (Å²) in [6.45, 7) is 0. The van der Waals surface area contributed by atoms with Gasteiger partial charge in [0.2, 0.25) is 0 Å². The molecule has 0 aliphatic heterocycles. The molecule has 1 aromatic heterocycles. The maximum absolute atomic E-state index is 11.9. The van der Waals surface area contributed by atoms with Gasteiger partial charge in [-0.25, -0.2) is 9.78 Å². The van der Waals surface area contributed by atoms with E-state index in [2.05, 4.69) is 15.6 Å². The summed E-state index contributed by atoms with van der Waals surface area (Å²) >= 11 is 1.56. The molecule has 110 valence electrons. The molecule has 21 heavy (non-hydrogen) atoms. The third kappa shape index (κ3) is 3.33. The first kappa shape index (κ1) is 13.9. The summed E-state index contributed by atoms with van der Waals surface area (Å²) in [5.74, 6) is 1.40. The average molecular weight is 303 g/mol. The molecule has 2 aromatic rings. The maximum Gasteiger partial charge on any atom is 0.325 e. The number of aromatic nitrogens is 1. The molecule has 2 amide bonds. The molecule has 1 aliphatic rings. The van der Waals surface area contributed by atoms with Crippen molar-refractivity contribution in [3.63, 3.8) is 0 Å². The molecule has 0 bridgehead atoms. The van der Waals surface area contributed by atoms with Gasteiger partial charge in [0.15, 0.2) is 5.13 Å². The molecule has 0 unspecified atom stereocenters. The van der Waals surface area contributed by atoms with Gasteiger partial charge in [-0.15, -0.1) is 11.3 Å². The number of carbonyl (C=O) groups is 1. The molecule has 0 saturated heterocycles. The van der Waals surface area contributed by atoms with Gasteiger partial charge >= 0.3 is 6.03 Å². The van der Waals surface area contributed by atoms with Crippen molar-refractivity contribution in [2.24, 2.45) is 0 Å². The monoisotopic (exact) mass is 303 g/mol. The Morgan fingerprint density at radius 3 is 2.67 bits per heavy atom. The summed E-state index contributed by atoms with van der Waals surface area (Å²) < 4.78 is 5.07. The molecule has 1 aliphatic carbocycles. The van der Waals surface area contributed by atoms with Crippen molar-refractivity contribution in [2.75, 3.05) is 17.7 Å². The lowest BCUT2D eigenvalue weighted by molar-refractivity contribution is 0.262. The van der Waals surface area contributed by atoms with Gasteiger partial charge in [-0.2, -0.15) is 0 Å². The highest BCUT2D eigenvalue weighted by Crippen LogP contribution is 2.39. The molecular formula is C15H17N3O2S. The van der Waals surface area contributed by atoms with Crippen LogP contribution in [0.3, 0.4) is 0 Å². The third-order valence-corrected chi connectivity index (χ3v) is 4.67. The lowest BCUT2D eigenvalue weighted by Crippen LogP contribution is -2.19. The normalized spacial score (nSPS) is 14.3. The van der Waals surface area contributed by atoms with E-state index in [1.807, 2.05) is 6.20 Å². The molecular weight excluding hydrogens is 286 g/mol. The largest absolute Gasteiger partial charge is 0.497 e. The first-order valence-electron chi connectivity index (χ1n) is 6.92. The minimum Gasteiger partial charge on any atom is -0.497 e. The highest BCUT2D eigenvalue weighted by Gasteiger charge is 2.22. The summed E-state index contributed by atoms with van der Waals surface area (Å²) in [5, 5.41) is 6.18. The lowest BCUT2D eigenvalue weighted by atomic mass is 9.85. The summed E-state index contributed by atoms with van der Waals surface area (Å²) in [5.41, 5.74) is 0.712. The van der Waals surface area contributed by atoms with Gasteiger partial charge in [0.25, 0.3) is 0 Å². The predicted molar refractivity (Wildman–Crippen MR) is 84.3 cm³/mol. The zero-order valence-electron chi connectivity index (χ0n) is 11.8. The van der Waals surface area contributed by atoms with Gasteiger partial charge in [0.1, 0.15) is 5.75 Å². The fourth-order valence-electron chi connectivity index (χ4n) is 2.16. The van der Waals surface area contributed by atoms with Crippen molar-refractivity contribution in [1.82, 2.24) is 4.98 Å². The number of rotatable bonds is 4. The Morgan fingerprint density at radius 2 is 2.05 bits per heavy atom. The lowest BCUT2D eigenvalue weighted by Gasteiger charge is -2.23. The van der Waals surface area contributed by atoms with Crippen molar-refractivity contribution < 1.29 is 9.53 Å². The van der Waals surface area contributed by atoms with E-state index >= 15 is 0 Å². The van der Waals surface area contributed by atoms with Crippen molar-refractivity contribution in [3.05, 3.63) is 35.3 Å². The van der Waals surface area contributed by atoms with Crippen LogP contribution in [0.5, 0.6) is 5.75 Å². The second kappa shape index (κ2) is 6.13. The molecule has 1 saturated carbocycles. The highest BCUT2D eigenvalue weighted by molar-refractivity contribution is 7.15. The zero-order valence-corrected chi connectivity index (χ0v) is 12.6. The van der Waals surface area contributed by atoms with Crippen LogP contribution in [0.15, 0.2) is 30.5 Å². The minimum absolute atomic E-state index is 0.283. The van der Waals surface area contributed by atoms with Crippen molar-refractivity contribution >= 4 is 28.2 Å². The predicted octanol–water partition coefficient (Wildman–Crippen LogP) is 4.06. The van der Waals surface area contributed by atoms with Crippen molar-refractivity contribution in [2.45, 2.75) is 25.2 Å². The molecule has 5 nitrogen and oxygen atoms in total. The number of methoxy groups -OCH3 is 1. The molecule has 0 atom stereocenters. The number of carbonyl (C=O) groups excluding carboxylic acids is 1. The quantitative estimate of drug-likeness (QED) is 0.895. The average Bonchev–Trinajstić information content (AvgIpc) is 2.85. The molecule has 0 spiro atoms. The Bertz CT molecular complexity index is 620. The first-order valence-corrected chi connectivity index (χ1v) is 7.74. The number of hydrogen-bond acceptors (Lipinski definition) is 4. The summed E-state index contributed by atoms with van der Waals surface area (Å²) in [4.78, 5) is 17.4. The van der Waals surface area contributed by atoms with Crippen LogP contribution in [0.2, 0.25) is 0 Å². The summed E-state index contributed by atoms with van der Waals surface area (Å²) in [7, 11) is 1.61. The number of amides is 2. The zero-order chi connectivity index (χ0) is 14.7. The highest BCUT2D eigenvalue weighted by atomic mass is 32.1. The van der Waals surface area contributed by atoms with E-state index in [1.165, 1.54) is 24.1 Å². The van der Waals surface area contributed by atoms with Crippen molar-refractivity contribution in [3.8, 4) is 5.75 Å². The number of nitrogens with one attached hydrogen (secondary N) is 2. The van der Waals surface area contributed by atoms with E-state index < -0.39 is 0 Å². The topological polar surface area (TPSA) is 63.2 Å². The third-order valence-electron chi connectivity index (χ3n) is 3.60. The van der Waals surface area contributed by atoms with E-state index in [4.69, 9.17) is 4.74 Å². The van der Waals surface area contributed by atoms with E-state index in [1.54, 1.807) is 42.7 Å². The van der Waals surface area contributed by atoms with E-state index in [-0.39, 0.29) is 6.03 Å². The fraction of sp³-hybridized carbons (Fsp3) is 0.333. The van der Waals surface area contributed by atoms with Gasteiger partial charge < -0.3 is 10.1 Å². The van der Waals surface area contributed by atoms with Gasteiger partial charge in [-0.1, -0.05) is 6.42 Å². The van der Waals surface area contributed by atoms with Crippen LogP contribution in [0.25, 0.3) is 0 Å². The number of anilines is 2. The first-order chi connectivity index (χ1) is 10.2. The Labute approximate surface area is 127 Å². The second-order valence-electron chi connectivity index (χ2n) is 5.00. The van der Waals surface area contributed by atoms with Crippen LogP contribution < -0.4 is 15.4 Å². The van der Waals surface area contributed by atoms with Gasteiger partial charge in [-0.3, -0.25) is 5.32 Å². The molecule has 1 fully saturated rings. The van der Waals surface area contributed by atoms with Crippen LogP contribution in [-0.4, -0.2) is 18.1 Å². The Kier molecular flexibility index (Phi) is 4.06. The number of benzene rings is 1. The van der Waals surface area contributed by atoms with Gasteiger partial charge in [0, 0.05) is 16.8 Å². The smallest absolute Gasteiger partial charge is 0.325 e.